The molecule has 1 saturated heterocycles. The molecule has 21 heavy (non-hydrogen) atoms. The number of nitrogens with two attached hydrogens (primary N) is 1. The predicted molar refractivity (Wildman–Crippen MR) is 72.7 cm³/mol. The third-order valence-corrected chi connectivity index (χ3v) is 4.29. The van der Waals surface area contributed by atoms with Crippen LogP contribution in [0.1, 0.15) is 12.0 Å². The number of amides is 1. The maximum Gasteiger partial charge on any atom is 0.222 e. The lowest BCUT2D eigenvalue weighted by molar-refractivity contribution is -0.127. The van der Waals surface area contributed by atoms with Gasteiger partial charge in [-0.05, 0) is 24.1 Å². The average Bonchev–Trinajstić information content (AvgIpc) is 2.63. The molecule has 8 heteroatoms. The van der Waals surface area contributed by atoms with Crippen LogP contribution in [0, 0.1) is 17.6 Å². The predicted octanol–water partition coefficient (Wildman–Crippen LogP) is 0.644. The molecule has 1 aliphatic rings. The van der Waals surface area contributed by atoms with Gasteiger partial charge < -0.3 is 4.90 Å². The molecule has 1 atom stereocenters. The summed E-state index contributed by atoms with van der Waals surface area (Å²) in [5.41, 5.74) is 0.454. The van der Waals surface area contributed by atoms with E-state index in [2.05, 4.69) is 0 Å². The molecule has 0 aliphatic carbocycles. The van der Waals surface area contributed by atoms with Gasteiger partial charge in [-0.1, -0.05) is 0 Å². The number of sulfonamides is 1. The zero-order valence-corrected chi connectivity index (χ0v) is 12.1. The number of hydrogen-bond acceptors (Lipinski definition) is 3. The minimum absolute atomic E-state index is 0.133. The van der Waals surface area contributed by atoms with Gasteiger partial charge in [0.15, 0.2) is 0 Å². The van der Waals surface area contributed by atoms with E-state index in [0.717, 1.165) is 6.07 Å². The van der Waals surface area contributed by atoms with Gasteiger partial charge in [-0.3, -0.25) is 4.79 Å². The Bertz CT molecular complexity index is 629. The van der Waals surface area contributed by atoms with Gasteiger partial charge in [0.1, 0.15) is 11.6 Å². The van der Waals surface area contributed by atoms with Crippen molar-refractivity contribution in [3.63, 3.8) is 0 Å². The fourth-order valence-corrected chi connectivity index (χ4v) is 3.41. The van der Waals surface area contributed by atoms with E-state index >= 15 is 0 Å². The van der Waals surface area contributed by atoms with Crippen molar-refractivity contribution < 1.29 is 22.0 Å². The summed E-state index contributed by atoms with van der Waals surface area (Å²) in [4.78, 5) is 13.3. The van der Waals surface area contributed by atoms with E-state index < -0.39 is 21.7 Å². The highest BCUT2D eigenvalue weighted by Crippen LogP contribution is 2.19. The standard InChI is InChI=1S/C13H16F2N2O3S/c14-11-3-9(4-12(15)6-11)1-2-17-7-10(5-13(17)18)8-21(16,19)20/h3-4,6,10H,1-2,5,7-8H2,(H2,16,19,20). The minimum atomic E-state index is -3.61. The Morgan fingerprint density at radius 3 is 2.43 bits per heavy atom. The smallest absolute Gasteiger partial charge is 0.222 e. The molecule has 0 saturated carbocycles. The van der Waals surface area contributed by atoms with Gasteiger partial charge in [0.05, 0.1) is 5.75 Å². The molecule has 5 nitrogen and oxygen atoms in total. The molecule has 1 heterocycles. The van der Waals surface area contributed by atoms with E-state index in [-0.39, 0.29) is 24.0 Å². The zero-order valence-electron chi connectivity index (χ0n) is 11.3. The number of primary sulfonamides is 1. The Kier molecular flexibility index (Phi) is 4.58. The van der Waals surface area contributed by atoms with E-state index in [1.165, 1.54) is 17.0 Å². The normalized spacial score (nSPS) is 19.3. The van der Waals surface area contributed by atoms with Crippen LogP contribution in [-0.2, 0) is 21.2 Å². The molecular weight excluding hydrogens is 302 g/mol. The highest BCUT2D eigenvalue weighted by molar-refractivity contribution is 7.89. The third kappa shape index (κ3) is 4.75. The lowest BCUT2D eigenvalue weighted by Crippen LogP contribution is -2.29. The highest BCUT2D eigenvalue weighted by Gasteiger charge is 2.31. The van der Waals surface area contributed by atoms with E-state index in [1.54, 1.807) is 0 Å². The summed E-state index contributed by atoms with van der Waals surface area (Å²) in [6, 6.07) is 3.21. The Labute approximate surface area is 121 Å². The summed E-state index contributed by atoms with van der Waals surface area (Å²) in [5, 5.41) is 4.96. The van der Waals surface area contributed by atoms with Crippen molar-refractivity contribution >= 4 is 15.9 Å². The molecule has 0 bridgehead atoms. The van der Waals surface area contributed by atoms with Crippen molar-refractivity contribution in [2.45, 2.75) is 12.8 Å². The van der Waals surface area contributed by atoms with Gasteiger partial charge in [-0.15, -0.1) is 0 Å². The van der Waals surface area contributed by atoms with Gasteiger partial charge in [0, 0.05) is 31.5 Å². The molecule has 1 fully saturated rings. The second kappa shape index (κ2) is 6.07. The molecule has 116 valence electrons. The number of rotatable bonds is 5. The molecule has 0 aromatic heterocycles. The van der Waals surface area contributed by atoms with Crippen LogP contribution in [0.5, 0.6) is 0 Å². The summed E-state index contributed by atoms with van der Waals surface area (Å²) >= 11 is 0. The summed E-state index contributed by atoms with van der Waals surface area (Å²) in [6.07, 6.45) is 0.441. The maximum absolute atomic E-state index is 13.1. The van der Waals surface area contributed by atoms with Crippen LogP contribution in [0.2, 0.25) is 0 Å². The summed E-state index contributed by atoms with van der Waals surface area (Å²) in [7, 11) is -3.61. The molecule has 2 rings (SSSR count). The van der Waals surface area contributed by atoms with Crippen molar-refractivity contribution in [3.05, 3.63) is 35.4 Å². The fraction of sp³-hybridized carbons (Fsp3) is 0.462. The summed E-state index contributed by atoms with van der Waals surface area (Å²) in [5.74, 6) is -2.05. The van der Waals surface area contributed by atoms with Crippen molar-refractivity contribution in [1.82, 2.24) is 4.90 Å². The highest BCUT2D eigenvalue weighted by atomic mass is 32.2. The SMILES string of the molecule is NS(=O)(=O)CC1CC(=O)N(CCc2cc(F)cc(F)c2)C1. The van der Waals surface area contributed by atoms with E-state index in [0.29, 0.717) is 25.1 Å². The van der Waals surface area contributed by atoms with Gasteiger partial charge in [-0.2, -0.15) is 0 Å². The monoisotopic (exact) mass is 318 g/mol. The molecular formula is C13H16F2N2O3S. The van der Waals surface area contributed by atoms with Crippen molar-refractivity contribution in [1.29, 1.82) is 0 Å². The molecule has 1 aliphatic heterocycles. The van der Waals surface area contributed by atoms with Crippen LogP contribution in [0.3, 0.4) is 0 Å². The fourth-order valence-electron chi connectivity index (χ4n) is 2.53. The number of halogens is 2. The number of carbonyl (C=O) groups is 1. The lowest BCUT2D eigenvalue weighted by atomic mass is 10.1. The molecule has 0 spiro atoms. The molecule has 1 aromatic carbocycles. The maximum atomic E-state index is 13.1. The number of likely N-dealkylation sites (tertiary alicyclic amines) is 1. The largest absolute Gasteiger partial charge is 0.342 e. The van der Waals surface area contributed by atoms with Crippen LogP contribution in [0.15, 0.2) is 18.2 Å². The first kappa shape index (κ1) is 15.8. The molecule has 0 radical (unpaired) electrons. The first-order valence-electron chi connectivity index (χ1n) is 6.46. The van der Waals surface area contributed by atoms with Crippen molar-refractivity contribution in [2.75, 3.05) is 18.8 Å². The van der Waals surface area contributed by atoms with E-state index in [4.69, 9.17) is 5.14 Å². The van der Waals surface area contributed by atoms with Crippen LogP contribution in [-0.4, -0.2) is 38.1 Å². The first-order chi connectivity index (χ1) is 9.73. The Morgan fingerprint density at radius 1 is 1.24 bits per heavy atom. The minimum Gasteiger partial charge on any atom is -0.342 e. The lowest BCUT2D eigenvalue weighted by Gasteiger charge is -2.16. The molecule has 1 amide bonds. The zero-order chi connectivity index (χ0) is 15.6. The van der Waals surface area contributed by atoms with Crippen LogP contribution in [0.25, 0.3) is 0 Å². The number of benzene rings is 1. The second-order valence-electron chi connectivity index (χ2n) is 5.27. The van der Waals surface area contributed by atoms with Gasteiger partial charge in [-0.25, -0.2) is 22.3 Å². The van der Waals surface area contributed by atoms with E-state index in [1.807, 2.05) is 0 Å². The van der Waals surface area contributed by atoms with Gasteiger partial charge >= 0.3 is 0 Å². The Morgan fingerprint density at radius 2 is 1.86 bits per heavy atom. The van der Waals surface area contributed by atoms with Crippen LogP contribution >= 0.6 is 0 Å². The second-order valence-corrected chi connectivity index (χ2v) is 6.93. The summed E-state index contributed by atoms with van der Waals surface area (Å²) in [6.45, 7) is 0.593. The number of nitrogens with zero attached hydrogens (tertiary/aromatic N) is 1. The van der Waals surface area contributed by atoms with Gasteiger partial charge in [0.2, 0.25) is 15.9 Å². The Hall–Kier alpha value is -1.54. The quantitative estimate of drug-likeness (QED) is 0.865. The molecule has 1 aromatic rings. The van der Waals surface area contributed by atoms with Crippen LogP contribution < -0.4 is 5.14 Å². The molecule has 2 N–H and O–H groups in total. The topological polar surface area (TPSA) is 80.5 Å². The van der Waals surface area contributed by atoms with Crippen molar-refractivity contribution in [3.8, 4) is 0 Å². The third-order valence-electron chi connectivity index (χ3n) is 3.36. The molecule has 1 unspecified atom stereocenters. The first-order valence-corrected chi connectivity index (χ1v) is 8.18. The average molecular weight is 318 g/mol. The Balaban J connectivity index is 1.93. The number of carbonyl (C=O) groups excluding carboxylic acids is 1. The van der Waals surface area contributed by atoms with E-state index in [9.17, 15) is 22.0 Å². The van der Waals surface area contributed by atoms with Crippen LogP contribution in [0.4, 0.5) is 8.78 Å². The summed E-state index contributed by atoms with van der Waals surface area (Å²) < 4.78 is 48.1. The number of hydrogen-bond donors (Lipinski definition) is 1. The van der Waals surface area contributed by atoms with Gasteiger partial charge in [0.25, 0.3) is 0 Å². The van der Waals surface area contributed by atoms with Crippen molar-refractivity contribution in [2.24, 2.45) is 11.1 Å².